The summed E-state index contributed by atoms with van der Waals surface area (Å²) in [5.74, 6) is 0.601. The lowest BCUT2D eigenvalue weighted by molar-refractivity contribution is -0.127. The van der Waals surface area contributed by atoms with Crippen LogP contribution in [-0.2, 0) is 4.79 Å². The number of hydrogen-bond donors (Lipinski definition) is 1. The molecule has 0 aromatic heterocycles. The van der Waals surface area contributed by atoms with Crippen molar-refractivity contribution in [2.24, 2.45) is 0 Å². The van der Waals surface area contributed by atoms with Gasteiger partial charge in [0.15, 0.2) is 6.10 Å². The normalized spacial score (nSPS) is 12.9. The van der Waals surface area contributed by atoms with Crippen molar-refractivity contribution in [1.29, 1.82) is 0 Å². The van der Waals surface area contributed by atoms with Crippen molar-refractivity contribution in [3.8, 4) is 5.75 Å². The van der Waals surface area contributed by atoms with E-state index in [1.54, 1.807) is 6.92 Å². The second-order valence-electron chi connectivity index (χ2n) is 7.22. The summed E-state index contributed by atoms with van der Waals surface area (Å²) in [7, 11) is 0. The molecule has 0 bridgehead atoms. The van der Waals surface area contributed by atoms with Crippen molar-refractivity contribution >= 4 is 5.91 Å². The maximum Gasteiger partial charge on any atom is 0.261 e. The van der Waals surface area contributed by atoms with E-state index in [-0.39, 0.29) is 11.9 Å². The monoisotopic (exact) mass is 373 g/mol. The van der Waals surface area contributed by atoms with Crippen molar-refractivity contribution in [3.63, 3.8) is 0 Å². The molecule has 1 amide bonds. The van der Waals surface area contributed by atoms with Crippen molar-refractivity contribution in [2.75, 3.05) is 0 Å². The highest BCUT2D eigenvalue weighted by atomic mass is 16.5. The Morgan fingerprint density at radius 1 is 0.821 bits per heavy atom. The Morgan fingerprint density at radius 3 is 2.14 bits per heavy atom. The molecule has 0 radical (unpaired) electrons. The van der Waals surface area contributed by atoms with Gasteiger partial charge in [-0.1, -0.05) is 72.3 Å². The molecule has 1 N–H and O–H groups in total. The van der Waals surface area contributed by atoms with Crippen molar-refractivity contribution in [2.45, 2.75) is 39.8 Å². The van der Waals surface area contributed by atoms with Gasteiger partial charge in [0.2, 0.25) is 0 Å². The molecule has 0 heterocycles. The molecule has 3 aromatic rings. The summed E-state index contributed by atoms with van der Waals surface area (Å²) in [5.41, 5.74) is 5.48. The van der Waals surface area contributed by atoms with Gasteiger partial charge in [0, 0.05) is 0 Å². The zero-order valence-corrected chi connectivity index (χ0v) is 16.9. The van der Waals surface area contributed by atoms with E-state index in [4.69, 9.17) is 4.74 Å². The lowest BCUT2D eigenvalue weighted by atomic mass is 9.97. The summed E-state index contributed by atoms with van der Waals surface area (Å²) in [6.45, 7) is 7.89. The van der Waals surface area contributed by atoms with Crippen LogP contribution in [0.4, 0.5) is 0 Å². The highest BCUT2D eigenvalue weighted by Crippen LogP contribution is 2.24. The predicted octanol–water partition coefficient (Wildman–Crippen LogP) is 5.28. The van der Waals surface area contributed by atoms with Crippen LogP contribution < -0.4 is 10.1 Å². The number of carbonyl (C=O) groups is 1. The number of nitrogens with one attached hydrogen (secondary N) is 1. The number of ether oxygens (including phenoxy) is 1. The van der Waals surface area contributed by atoms with Gasteiger partial charge in [-0.2, -0.15) is 0 Å². The van der Waals surface area contributed by atoms with Crippen LogP contribution in [0.3, 0.4) is 0 Å². The second kappa shape index (κ2) is 8.75. The topological polar surface area (TPSA) is 38.3 Å². The summed E-state index contributed by atoms with van der Waals surface area (Å²) in [5, 5.41) is 3.16. The molecule has 3 rings (SSSR count). The van der Waals surface area contributed by atoms with Crippen LogP contribution in [0.1, 0.15) is 40.8 Å². The SMILES string of the molecule is Cc1ccc(C(NC(=O)C(C)Oc2cccc(C)c2C)c2ccccc2)cc1. The lowest BCUT2D eigenvalue weighted by Gasteiger charge is -2.23. The summed E-state index contributed by atoms with van der Waals surface area (Å²) in [4.78, 5) is 12.9. The smallest absolute Gasteiger partial charge is 0.261 e. The van der Waals surface area contributed by atoms with Crippen LogP contribution in [0.5, 0.6) is 5.75 Å². The molecule has 3 aromatic carbocycles. The minimum atomic E-state index is -0.600. The third kappa shape index (κ3) is 4.61. The molecule has 0 saturated carbocycles. The molecule has 0 saturated heterocycles. The maximum atomic E-state index is 12.9. The number of aryl methyl sites for hydroxylation is 2. The van der Waals surface area contributed by atoms with Gasteiger partial charge in [0.05, 0.1) is 6.04 Å². The Balaban J connectivity index is 1.81. The van der Waals surface area contributed by atoms with Crippen LogP contribution in [0.2, 0.25) is 0 Å². The zero-order chi connectivity index (χ0) is 20.1. The molecule has 0 aliphatic heterocycles. The van der Waals surface area contributed by atoms with Gasteiger partial charge in [0.25, 0.3) is 5.91 Å². The first kappa shape index (κ1) is 19.7. The van der Waals surface area contributed by atoms with Crippen LogP contribution in [-0.4, -0.2) is 12.0 Å². The molecule has 3 heteroatoms. The number of hydrogen-bond acceptors (Lipinski definition) is 2. The van der Waals surface area contributed by atoms with E-state index in [1.807, 2.05) is 62.4 Å². The molecule has 2 unspecified atom stereocenters. The molecule has 144 valence electrons. The predicted molar refractivity (Wildman–Crippen MR) is 114 cm³/mol. The fourth-order valence-corrected chi connectivity index (χ4v) is 3.12. The van der Waals surface area contributed by atoms with Crippen molar-refractivity contribution in [3.05, 3.63) is 101 Å². The highest BCUT2D eigenvalue weighted by molar-refractivity contribution is 5.81. The minimum absolute atomic E-state index is 0.143. The number of benzene rings is 3. The number of rotatable bonds is 6. The molecule has 2 atom stereocenters. The van der Waals surface area contributed by atoms with Crippen molar-refractivity contribution in [1.82, 2.24) is 5.32 Å². The summed E-state index contributed by atoms with van der Waals surface area (Å²) < 4.78 is 5.97. The molecular formula is C25H27NO2. The molecule has 0 aliphatic carbocycles. The van der Waals surface area contributed by atoms with Gasteiger partial charge in [-0.25, -0.2) is 0 Å². The molecule has 28 heavy (non-hydrogen) atoms. The van der Waals surface area contributed by atoms with Crippen molar-refractivity contribution < 1.29 is 9.53 Å². The van der Waals surface area contributed by atoms with Crippen LogP contribution >= 0.6 is 0 Å². The van der Waals surface area contributed by atoms with Gasteiger partial charge < -0.3 is 10.1 Å². The van der Waals surface area contributed by atoms with Gasteiger partial charge in [-0.3, -0.25) is 4.79 Å². The number of amides is 1. The first-order valence-corrected chi connectivity index (χ1v) is 9.60. The third-order valence-corrected chi connectivity index (χ3v) is 5.06. The molecular weight excluding hydrogens is 346 g/mol. The first-order chi connectivity index (χ1) is 13.5. The van der Waals surface area contributed by atoms with E-state index in [0.29, 0.717) is 0 Å². The summed E-state index contributed by atoms with van der Waals surface area (Å²) >= 11 is 0. The third-order valence-electron chi connectivity index (χ3n) is 5.06. The Hall–Kier alpha value is -3.07. The van der Waals surface area contributed by atoms with E-state index in [9.17, 15) is 4.79 Å². The molecule has 0 spiro atoms. The van der Waals surface area contributed by atoms with Crippen LogP contribution in [0, 0.1) is 20.8 Å². The van der Waals surface area contributed by atoms with Gasteiger partial charge >= 0.3 is 0 Å². The zero-order valence-electron chi connectivity index (χ0n) is 16.9. The summed E-state index contributed by atoms with van der Waals surface area (Å²) in [6.07, 6.45) is -0.600. The van der Waals surface area contributed by atoms with Crippen LogP contribution in [0.25, 0.3) is 0 Å². The molecule has 0 fully saturated rings. The second-order valence-corrected chi connectivity index (χ2v) is 7.22. The number of carbonyl (C=O) groups excluding carboxylic acids is 1. The average Bonchev–Trinajstić information content (AvgIpc) is 2.71. The average molecular weight is 373 g/mol. The lowest BCUT2D eigenvalue weighted by Crippen LogP contribution is -2.39. The van der Waals surface area contributed by atoms with Gasteiger partial charge in [0.1, 0.15) is 5.75 Å². The van der Waals surface area contributed by atoms with Crippen LogP contribution in [0.15, 0.2) is 72.8 Å². The van der Waals surface area contributed by atoms with E-state index in [0.717, 1.165) is 28.0 Å². The Labute approximate surface area is 167 Å². The first-order valence-electron chi connectivity index (χ1n) is 9.60. The standard InChI is InChI=1S/C25H27NO2/c1-17-13-15-22(16-14-17)24(21-10-6-5-7-11-21)26-25(27)20(4)28-23-12-8-9-18(2)19(23)3/h5-16,20,24H,1-4H3,(H,26,27). The maximum absolute atomic E-state index is 12.9. The highest BCUT2D eigenvalue weighted by Gasteiger charge is 2.22. The Kier molecular flexibility index (Phi) is 6.15. The minimum Gasteiger partial charge on any atom is -0.481 e. The van der Waals surface area contributed by atoms with E-state index < -0.39 is 6.10 Å². The Morgan fingerprint density at radius 2 is 1.46 bits per heavy atom. The van der Waals surface area contributed by atoms with E-state index in [1.165, 1.54) is 5.56 Å². The molecule has 3 nitrogen and oxygen atoms in total. The fourth-order valence-electron chi connectivity index (χ4n) is 3.12. The fraction of sp³-hybridized carbons (Fsp3) is 0.240. The van der Waals surface area contributed by atoms with E-state index in [2.05, 4.69) is 36.5 Å². The van der Waals surface area contributed by atoms with Gasteiger partial charge in [-0.15, -0.1) is 0 Å². The molecule has 0 aliphatic rings. The quantitative estimate of drug-likeness (QED) is 0.638. The Bertz CT molecular complexity index is 933. The summed E-state index contributed by atoms with van der Waals surface area (Å²) in [6, 6.07) is 23.9. The largest absolute Gasteiger partial charge is 0.481 e. The van der Waals surface area contributed by atoms with Gasteiger partial charge in [-0.05, 0) is 56.0 Å². The van der Waals surface area contributed by atoms with E-state index >= 15 is 0 Å².